The third kappa shape index (κ3) is 6.27. The number of rotatable bonds is 12. The highest BCUT2D eigenvalue weighted by Crippen LogP contribution is 2.35. The Morgan fingerprint density at radius 3 is 2.35 bits per heavy atom. The lowest BCUT2D eigenvalue weighted by Crippen LogP contribution is -2.13. The average Bonchev–Trinajstić information content (AvgIpc) is 3.27. The Labute approximate surface area is 199 Å². The van der Waals surface area contributed by atoms with Crippen LogP contribution in [-0.4, -0.2) is 50.7 Å². The first kappa shape index (κ1) is 25.1. The number of anilines is 2. The second kappa shape index (κ2) is 12.1. The van der Waals surface area contributed by atoms with Crippen molar-refractivity contribution in [3.63, 3.8) is 0 Å². The van der Waals surface area contributed by atoms with Gasteiger partial charge in [-0.05, 0) is 17.0 Å². The summed E-state index contributed by atoms with van der Waals surface area (Å²) in [4.78, 5) is 12.7. The van der Waals surface area contributed by atoms with Gasteiger partial charge in [0.25, 0.3) is 0 Å². The van der Waals surface area contributed by atoms with Crippen molar-refractivity contribution in [2.24, 2.45) is 0 Å². The fourth-order valence-electron chi connectivity index (χ4n) is 3.33. The lowest BCUT2D eigenvalue weighted by molar-refractivity contribution is 0.0436. The van der Waals surface area contributed by atoms with E-state index < -0.39 is 5.97 Å². The van der Waals surface area contributed by atoms with E-state index >= 15 is 0 Å². The summed E-state index contributed by atoms with van der Waals surface area (Å²) in [6.45, 7) is 4.86. The van der Waals surface area contributed by atoms with Crippen LogP contribution in [0, 0.1) is 0 Å². The normalized spacial score (nSPS) is 10.9. The van der Waals surface area contributed by atoms with Crippen molar-refractivity contribution in [1.82, 2.24) is 9.78 Å². The molecular formula is C25H31N3O6. The second-order valence-electron chi connectivity index (χ2n) is 7.83. The molecule has 0 amide bonds. The van der Waals surface area contributed by atoms with E-state index in [-0.39, 0.29) is 24.9 Å². The Morgan fingerprint density at radius 2 is 1.71 bits per heavy atom. The van der Waals surface area contributed by atoms with Crippen molar-refractivity contribution in [3.8, 4) is 11.5 Å². The number of carbonyl (C=O) groups excluding carboxylic acids is 1. The number of aromatic nitrogens is 2. The summed E-state index contributed by atoms with van der Waals surface area (Å²) in [6, 6.07) is 13.5. The summed E-state index contributed by atoms with van der Waals surface area (Å²) < 4.78 is 28.1. The van der Waals surface area contributed by atoms with Crippen LogP contribution in [0.15, 0.2) is 48.7 Å². The van der Waals surface area contributed by atoms with E-state index in [1.807, 2.05) is 10.7 Å². The fraction of sp³-hybridized carbons (Fsp3) is 0.360. The average molecular weight is 470 g/mol. The van der Waals surface area contributed by atoms with Crippen LogP contribution >= 0.6 is 0 Å². The third-order valence-corrected chi connectivity index (χ3v) is 5.10. The van der Waals surface area contributed by atoms with Crippen molar-refractivity contribution < 1.29 is 28.5 Å². The molecule has 3 rings (SSSR count). The zero-order valence-corrected chi connectivity index (χ0v) is 20.2. The van der Waals surface area contributed by atoms with Gasteiger partial charge in [0, 0.05) is 32.4 Å². The van der Waals surface area contributed by atoms with Gasteiger partial charge in [0.1, 0.15) is 22.9 Å². The van der Waals surface area contributed by atoms with Gasteiger partial charge in [-0.15, -0.1) is 0 Å². The Kier molecular flexibility index (Phi) is 8.89. The summed E-state index contributed by atoms with van der Waals surface area (Å²) >= 11 is 0. The number of ether oxygens (including phenoxy) is 5. The van der Waals surface area contributed by atoms with Gasteiger partial charge in [-0.3, -0.25) is 0 Å². The van der Waals surface area contributed by atoms with Crippen molar-refractivity contribution in [2.45, 2.75) is 26.3 Å². The fourth-order valence-corrected chi connectivity index (χ4v) is 3.33. The van der Waals surface area contributed by atoms with Crippen LogP contribution in [0.25, 0.3) is 0 Å². The standard InChI is InChI=1S/C25H31N3O6/c1-17(2)19-8-6-18(7-9-19)14-28-23(10-11-26-28)27-21-12-20(33-15-30-3)13-22(34-16-31-4)24(21)25(29)32-5/h6-13,17,27H,14-16H2,1-5H3. The molecule has 0 saturated heterocycles. The molecule has 0 atom stereocenters. The Hall–Kier alpha value is -3.56. The van der Waals surface area contributed by atoms with Gasteiger partial charge in [0.2, 0.25) is 0 Å². The number of esters is 1. The van der Waals surface area contributed by atoms with Crippen LogP contribution in [0.1, 0.15) is 41.3 Å². The summed E-state index contributed by atoms with van der Waals surface area (Å²) in [5, 5.41) is 7.72. The second-order valence-corrected chi connectivity index (χ2v) is 7.83. The van der Waals surface area contributed by atoms with E-state index in [1.165, 1.54) is 26.9 Å². The highest BCUT2D eigenvalue weighted by molar-refractivity contribution is 6.00. The van der Waals surface area contributed by atoms with E-state index in [1.54, 1.807) is 18.3 Å². The van der Waals surface area contributed by atoms with Crippen LogP contribution in [-0.2, 0) is 20.8 Å². The van der Waals surface area contributed by atoms with Crippen LogP contribution in [0.3, 0.4) is 0 Å². The monoisotopic (exact) mass is 469 g/mol. The van der Waals surface area contributed by atoms with Gasteiger partial charge in [-0.2, -0.15) is 5.10 Å². The number of hydrogen-bond acceptors (Lipinski definition) is 8. The SMILES string of the molecule is COCOc1cc(Nc2ccnn2Cc2ccc(C(C)C)cc2)c(C(=O)OC)c(OCOC)c1. The topological polar surface area (TPSA) is 93.1 Å². The van der Waals surface area contributed by atoms with E-state index in [4.69, 9.17) is 23.7 Å². The molecule has 0 radical (unpaired) electrons. The minimum absolute atomic E-state index is 0.0328. The van der Waals surface area contributed by atoms with Crippen LogP contribution in [0.4, 0.5) is 11.5 Å². The van der Waals surface area contributed by atoms with Gasteiger partial charge in [-0.1, -0.05) is 38.1 Å². The number of benzene rings is 2. The van der Waals surface area contributed by atoms with Crippen LogP contribution in [0.5, 0.6) is 11.5 Å². The minimum atomic E-state index is -0.567. The van der Waals surface area contributed by atoms with Gasteiger partial charge in [-0.25, -0.2) is 9.48 Å². The van der Waals surface area contributed by atoms with Gasteiger partial charge < -0.3 is 29.0 Å². The predicted octanol–water partition coefficient (Wildman–Crippen LogP) is 4.55. The minimum Gasteiger partial charge on any atom is -0.467 e. The van der Waals surface area contributed by atoms with E-state index in [0.29, 0.717) is 29.7 Å². The molecule has 9 heteroatoms. The van der Waals surface area contributed by atoms with Crippen molar-refractivity contribution in [2.75, 3.05) is 40.2 Å². The molecule has 0 aliphatic heterocycles. The zero-order valence-electron chi connectivity index (χ0n) is 20.2. The van der Waals surface area contributed by atoms with Crippen molar-refractivity contribution in [1.29, 1.82) is 0 Å². The molecule has 0 saturated carbocycles. The number of nitrogens with zero attached hydrogens (tertiary/aromatic N) is 2. The maximum atomic E-state index is 12.7. The van der Waals surface area contributed by atoms with Crippen LogP contribution in [0.2, 0.25) is 0 Å². The van der Waals surface area contributed by atoms with Gasteiger partial charge in [0.15, 0.2) is 13.6 Å². The lowest BCUT2D eigenvalue weighted by Gasteiger charge is -2.18. The molecule has 182 valence electrons. The molecule has 1 N–H and O–H groups in total. The lowest BCUT2D eigenvalue weighted by atomic mass is 10.0. The number of nitrogens with one attached hydrogen (secondary N) is 1. The molecule has 9 nitrogen and oxygen atoms in total. The predicted molar refractivity (Wildman–Crippen MR) is 128 cm³/mol. The largest absolute Gasteiger partial charge is 0.467 e. The molecule has 1 aromatic heterocycles. The molecule has 3 aromatic rings. The summed E-state index contributed by atoms with van der Waals surface area (Å²) in [5.41, 5.74) is 3.02. The maximum absolute atomic E-state index is 12.7. The molecule has 0 aliphatic carbocycles. The van der Waals surface area contributed by atoms with E-state index in [2.05, 4.69) is 48.5 Å². The zero-order chi connectivity index (χ0) is 24.5. The summed E-state index contributed by atoms with van der Waals surface area (Å²) in [5.74, 6) is 1.27. The first-order valence-electron chi connectivity index (χ1n) is 10.8. The number of methoxy groups -OCH3 is 3. The quantitative estimate of drug-likeness (QED) is 0.305. The molecule has 0 unspecified atom stereocenters. The highest BCUT2D eigenvalue weighted by atomic mass is 16.7. The van der Waals surface area contributed by atoms with Gasteiger partial charge >= 0.3 is 5.97 Å². The number of hydrogen-bond donors (Lipinski definition) is 1. The van der Waals surface area contributed by atoms with Gasteiger partial charge in [0.05, 0.1) is 25.5 Å². The smallest absolute Gasteiger partial charge is 0.343 e. The van der Waals surface area contributed by atoms with Crippen LogP contribution < -0.4 is 14.8 Å². The molecular weight excluding hydrogens is 438 g/mol. The molecule has 2 aromatic carbocycles. The summed E-state index contributed by atoms with van der Waals surface area (Å²) in [7, 11) is 4.33. The Bertz CT molecular complexity index is 1080. The van der Waals surface area contributed by atoms with Crippen molar-refractivity contribution in [3.05, 3.63) is 65.4 Å². The molecule has 0 bridgehead atoms. The third-order valence-electron chi connectivity index (χ3n) is 5.10. The Morgan fingerprint density at radius 1 is 1.00 bits per heavy atom. The maximum Gasteiger partial charge on any atom is 0.343 e. The van der Waals surface area contributed by atoms with E-state index in [9.17, 15) is 4.79 Å². The molecule has 34 heavy (non-hydrogen) atoms. The summed E-state index contributed by atoms with van der Waals surface area (Å²) in [6.07, 6.45) is 1.69. The first-order valence-corrected chi connectivity index (χ1v) is 10.8. The number of carbonyl (C=O) groups is 1. The first-order chi connectivity index (χ1) is 16.5. The van der Waals surface area contributed by atoms with Crippen molar-refractivity contribution >= 4 is 17.5 Å². The highest BCUT2D eigenvalue weighted by Gasteiger charge is 2.22. The van der Waals surface area contributed by atoms with E-state index in [0.717, 1.165) is 5.56 Å². The molecule has 0 spiro atoms. The molecule has 0 fully saturated rings. The Balaban J connectivity index is 1.94. The molecule has 1 heterocycles. The molecule has 0 aliphatic rings.